The Morgan fingerprint density at radius 3 is 2.44 bits per heavy atom. The first-order valence-electron chi connectivity index (χ1n) is 5.22. The molecule has 0 aliphatic carbocycles. The highest BCUT2D eigenvalue weighted by Gasteiger charge is 2.45. The number of benzene rings is 1. The van der Waals surface area contributed by atoms with Crippen molar-refractivity contribution in [3.63, 3.8) is 0 Å². The Labute approximate surface area is 92.0 Å². The van der Waals surface area contributed by atoms with Crippen LogP contribution in [0.25, 0.3) is 0 Å². The minimum Gasteiger partial charge on any atom is -0.289 e. The normalized spacial score (nSPS) is 25.7. The van der Waals surface area contributed by atoms with Crippen LogP contribution in [0.15, 0.2) is 35.3 Å². The van der Waals surface area contributed by atoms with Gasteiger partial charge in [0.05, 0.1) is 12.0 Å². The molecule has 1 aliphatic rings. The number of alkyl halides is 3. The molecule has 2 atom stereocenters. The molecule has 1 aromatic carbocycles. The Morgan fingerprint density at radius 1 is 1.12 bits per heavy atom. The van der Waals surface area contributed by atoms with E-state index in [1.54, 1.807) is 36.5 Å². The summed E-state index contributed by atoms with van der Waals surface area (Å²) in [5.74, 6) is -1.35. The minimum atomic E-state index is -4.17. The standard InChI is InChI=1S/C12H12F3N/c13-12(14,15)10-7-4-8-16-11(10)9-5-2-1-3-6-9/h1-3,5-6,8,10-11H,4,7H2. The fraction of sp³-hybridized carbons (Fsp3) is 0.417. The molecule has 86 valence electrons. The van der Waals surface area contributed by atoms with E-state index in [0.717, 1.165) is 0 Å². The van der Waals surface area contributed by atoms with Crippen LogP contribution in [0.2, 0.25) is 0 Å². The smallest absolute Gasteiger partial charge is 0.289 e. The van der Waals surface area contributed by atoms with Crippen LogP contribution < -0.4 is 0 Å². The van der Waals surface area contributed by atoms with Crippen molar-refractivity contribution in [1.29, 1.82) is 0 Å². The third-order valence-electron chi connectivity index (χ3n) is 2.82. The summed E-state index contributed by atoms with van der Waals surface area (Å²) in [5, 5.41) is 0. The molecule has 1 aromatic rings. The first-order chi connectivity index (χ1) is 7.59. The topological polar surface area (TPSA) is 12.4 Å². The van der Waals surface area contributed by atoms with Crippen molar-refractivity contribution in [3.05, 3.63) is 35.9 Å². The molecular formula is C12H12F3N. The Balaban J connectivity index is 2.30. The van der Waals surface area contributed by atoms with Crippen LogP contribution in [-0.4, -0.2) is 12.4 Å². The SMILES string of the molecule is FC(F)(F)C1CCC=NC1c1ccccc1. The summed E-state index contributed by atoms with van der Waals surface area (Å²) < 4.78 is 38.4. The summed E-state index contributed by atoms with van der Waals surface area (Å²) in [6.45, 7) is 0. The molecule has 0 spiro atoms. The average Bonchev–Trinajstić information content (AvgIpc) is 2.29. The van der Waals surface area contributed by atoms with E-state index in [-0.39, 0.29) is 6.42 Å². The molecule has 2 unspecified atom stereocenters. The highest BCUT2D eigenvalue weighted by molar-refractivity contribution is 5.59. The lowest BCUT2D eigenvalue weighted by atomic mass is 9.87. The number of hydrogen-bond acceptors (Lipinski definition) is 1. The maximum absolute atomic E-state index is 12.8. The van der Waals surface area contributed by atoms with Crippen molar-refractivity contribution in [2.45, 2.75) is 25.1 Å². The molecule has 1 nitrogen and oxygen atoms in total. The lowest BCUT2D eigenvalue weighted by Gasteiger charge is -2.29. The van der Waals surface area contributed by atoms with Gasteiger partial charge in [-0.05, 0) is 24.6 Å². The average molecular weight is 227 g/mol. The third-order valence-corrected chi connectivity index (χ3v) is 2.82. The zero-order valence-electron chi connectivity index (χ0n) is 8.61. The highest BCUT2D eigenvalue weighted by Crippen LogP contribution is 2.42. The Hall–Kier alpha value is -1.32. The summed E-state index contributed by atoms with van der Waals surface area (Å²) in [7, 11) is 0. The zero-order valence-corrected chi connectivity index (χ0v) is 8.61. The van der Waals surface area contributed by atoms with Crippen molar-refractivity contribution in [2.24, 2.45) is 10.9 Å². The van der Waals surface area contributed by atoms with Crippen molar-refractivity contribution < 1.29 is 13.2 Å². The first-order valence-corrected chi connectivity index (χ1v) is 5.22. The number of nitrogens with zero attached hydrogens (tertiary/aromatic N) is 1. The van der Waals surface area contributed by atoms with E-state index in [1.165, 1.54) is 0 Å². The number of halogens is 3. The Morgan fingerprint density at radius 2 is 1.81 bits per heavy atom. The molecule has 0 fully saturated rings. The summed E-state index contributed by atoms with van der Waals surface area (Å²) in [6.07, 6.45) is -2.03. The van der Waals surface area contributed by atoms with Crippen LogP contribution in [0.4, 0.5) is 13.2 Å². The van der Waals surface area contributed by atoms with E-state index in [0.29, 0.717) is 12.0 Å². The first kappa shape index (κ1) is 11.2. The van der Waals surface area contributed by atoms with Gasteiger partial charge in [0.2, 0.25) is 0 Å². The zero-order chi connectivity index (χ0) is 11.6. The van der Waals surface area contributed by atoms with Crippen molar-refractivity contribution in [1.82, 2.24) is 0 Å². The summed E-state index contributed by atoms with van der Waals surface area (Å²) in [6, 6.07) is 7.91. The molecule has 0 saturated heterocycles. The van der Waals surface area contributed by atoms with Crippen LogP contribution in [0.3, 0.4) is 0 Å². The maximum atomic E-state index is 12.8. The molecule has 2 rings (SSSR count). The lowest BCUT2D eigenvalue weighted by molar-refractivity contribution is -0.182. The van der Waals surface area contributed by atoms with Gasteiger partial charge in [0.15, 0.2) is 0 Å². The summed E-state index contributed by atoms with van der Waals surface area (Å²) in [4.78, 5) is 4.00. The van der Waals surface area contributed by atoms with Crippen LogP contribution in [0.5, 0.6) is 0 Å². The molecule has 0 radical (unpaired) electrons. The molecule has 1 aliphatic heterocycles. The molecule has 0 amide bonds. The summed E-state index contributed by atoms with van der Waals surface area (Å²) >= 11 is 0. The van der Waals surface area contributed by atoms with Gasteiger partial charge < -0.3 is 0 Å². The molecule has 4 heteroatoms. The fourth-order valence-electron chi connectivity index (χ4n) is 2.02. The monoisotopic (exact) mass is 227 g/mol. The van der Waals surface area contributed by atoms with Gasteiger partial charge in [0, 0.05) is 0 Å². The Bertz CT molecular complexity index is 370. The number of aliphatic imine (C=N–C) groups is 1. The molecule has 16 heavy (non-hydrogen) atoms. The van der Waals surface area contributed by atoms with Crippen molar-refractivity contribution in [2.75, 3.05) is 0 Å². The predicted octanol–water partition coefficient (Wildman–Crippen LogP) is 3.77. The van der Waals surface area contributed by atoms with Crippen LogP contribution in [0.1, 0.15) is 24.4 Å². The van der Waals surface area contributed by atoms with E-state index < -0.39 is 18.1 Å². The molecule has 1 heterocycles. The van der Waals surface area contributed by atoms with Crippen molar-refractivity contribution >= 4 is 6.21 Å². The number of rotatable bonds is 1. The predicted molar refractivity (Wildman–Crippen MR) is 56.5 cm³/mol. The van der Waals surface area contributed by atoms with Gasteiger partial charge in [-0.2, -0.15) is 13.2 Å². The Kier molecular flexibility index (Phi) is 2.99. The van der Waals surface area contributed by atoms with E-state index in [4.69, 9.17) is 0 Å². The second-order valence-corrected chi connectivity index (χ2v) is 3.91. The lowest BCUT2D eigenvalue weighted by Crippen LogP contribution is -2.30. The molecule has 0 aromatic heterocycles. The van der Waals surface area contributed by atoms with Crippen LogP contribution >= 0.6 is 0 Å². The van der Waals surface area contributed by atoms with E-state index in [1.807, 2.05) is 0 Å². The van der Waals surface area contributed by atoms with E-state index in [2.05, 4.69) is 4.99 Å². The highest BCUT2D eigenvalue weighted by atomic mass is 19.4. The van der Waals surface area contributed by atoms with E-state index in [9.17, 15) is 13.2 Å². The van der Waals surface area contributed by atoms with Crippen LogP contribution in [-0.2, 0) is 0 Å². The molecular weight excluding hydrogens is 215 g/mol. The third kappa shape index (κ3) is 2.26. The summed E-state index contributed by atoms with van der Waals surface area (Å²) in [5.41, 5.74) is 0.640. The second-order valence-electron chi connectivity index (χ2n) is 3.91. The largest absolute Gasteiger partial charge is 0.394 e. The van der Waals surface area contributed by atoms with Gasteiger partial charge in [0.1, 0.15) is 0 Å². The second kappa shape index (κ2) is 4.28. The van der Waals surface area contributed by atoms with E-state index >= 15 is 0 Å². The minimum absolute atomic E-state index is 0.132. The molecule has 0 bridgehead atoms. The van der Waals surface area contributed by atoms with Gasteiger partial charge >= 0.3 is 6.18 Å². The quantitative estimate of drug-likeness (QED) is 0.692. The fourth-order valence-corrected chi connectivity index (χ4v) is 2.02. The van der Waals surface area contributed by atoms with Gasteiger partial charge in [0.25, 0.3) is 0 Å². The molecule has 0 N–H and O–H groups in total. The van der Waals surface area contributed by atoms with Gasteiger partial charge in [-0.15, -0.1) is 0 Å². The maximum Gasteiger partial charge on any atom is 0.394 e. The van der Waals surface area contributed by atoms with Crippen LogP contribution in [0, 0.1) is 5.92 Å². The van der Waals surface area contributed by atoms with Gasteiger partial charge in [-0.1, -0.05) is 30.3 Å². The van der Waals surface area contributed by atoms with Crippen molar-refractivity contribution in [3.8, 4) is 0 Å². The van der Waals surface area contributed by atoms with Gasteiger partial charge in [-0.3, -0.25) is 4.99 Å². The van der Waals surface area contributed by atoms with Gasteiger partial charge in [-0.25, -0.2) is 0 Å². The number of hydrogen-bond donors (Lipinski definition) is 0. The molecule has 0 saturated carbocycles.